The monoisotopic (exact) mass is 209 g/mol. The van der Waals surface area contributed by atoms with Crippen LogP contribution in [0.1, 0.15) is 38.5 Å². The van der Waals surface area contributed by atoms with Gasteiger partial charge in [-0.3, -0.25) is 0 Å². The van der Waals surface area contributed by atoms with Crippen LogP contribution in [0.2, 0.25) is 0 Å². The van der Waals surface area contributed by atoms with E-state index in [9.17, 15) is 0 Å². The van der Waals surface area contributed by atoms with Crippen LogP contribution in [0.3, 0.4) is 0 Å². The second-order valence-corrected chi connectivity index (χ2v) is 4.43. The summed E-state index contributed by atoms with van der Waals surface area (Å²) < 4.78 is 0. The lowest BCUT2D eigenvalue weighted by atomic mass is 10.2. The third kappa shape index (κ3) is 5.15. The normalized spacial score (nSPS) is 17.1. The van der Waals surface area contributed by atoms with Crippen molar-refractivity contribution in [1.29, 1.82) is 5.26 Å². The number of hydrogen-bond acceptors (Lipinski definition) is 3. The van der Waals surface area contributed by atoms with Gasteiger partial charge in [0.1, 0.15) is 0 Å². The van der Waals surface area contributed by atoms with Crippen molar-refractivity contribution in [2.24, 2.45) is 0 Å². The highest BCUT2D eigenvalue weighted by molar-refractivity contribution is 4.75. The van der Waals surface area contributed by atoms with E-state index in [1.54, 1.807) is 0 Å². The Labute approximate surface area is 93.5 Å². The third-order valence-corrected chi connectivity index (χ3v) is 3.23. The fourth-order valence-electron chi connectivity index (χ4n) is 2.20. The molecule has 0 saturated heterocycles. The lowest BCUT2D eigenvalue weighted by molar-refractivity contribution is 0.245. The van der Waals surface area contributed by atoms with Crippen LogP contribution in [0.4, 0.5) is 0 Å². The molecule has 0 aromatic carbocycles. The molecule has 0 heterocycles. The molecule has 0 aromatic heterocycles. The zero-order valence-corrected chi connectivity index (χ0v) is 9.84. The van der Waals surface area contributed by atoms with Crippen LogP contribution in [-0.4, -0.2) is 37.6 Å². The van der Waals surface area contributed by atoms with Crippen molar-refractivity contribution in [1.82, 2.24) is 10.2 Å². The molecule has 86 valence electrons. The Balaban J connectivity index is 1.92. The minimum absolute atomic E-state index is 0.672. The molecule has 3 nitrogen and oxygen atoms in total. The number of likely N-dealkylation sites (N-methyl/N-ethyl adjacent to an activating group) is 1. The van der Waals surface area contributed by atoms with Gasteiger partial charge in [0.05, 0.1) is 6.07 Å². The van der Waals surface area contributed by atoms with Crippen LogP contribution in [0, 0.1) is 11.3 Å². The number of nitriles is 1. The number of nitrogens with zero attached hydrogens (tertiary/aromatic N) is 2. The summed E-state index contributed by atoms with van der Waals surface area (Å²) in [6.45, 7) is 3.17. The van der Waals surface area contributed by atoms with Crippen LogP contribution in [0.15, 0.2) is 0 Å². The van der Waals surface area contributed by atoms with E-state index in [1.165, 1.54) is 25.7 Å². The Morgan fingerprint density at radius 3 is 2.73 bits per heavy atom. The van der Waals surface area contributed by atoms with Gasteiger partial charge in [-0.05, 0) is 32.9 Å². The first-order valence-corrected chi connectivity index (χ1v) is 6.12. The zero-order valence-electron chi connectivity index (χ0n) is 9.84. The van der Waals surface area contributed by atoms with Crippen molar-refractivity contribution in [3.8, 4) is 6.07 Å². The van der Waals surface area contributed by atoms with Gasteiger partial charge >= 0.3 is 0 Å². The number of nitrogens with one attached hydrogen (secondary N) is 1. The highest BCUT2D eigenvalue weighted by Crippen LogP contribution is 2.21. The highest BCUT2D eigenvalue weighted by Gasteiger charge is 2.18. The first-order chi connectivity index (χ1) is 7.34. The fourth-order valence-corrected chi connectivity index (χ4v) is 2.20. The molecule has 0 bridgehead atoms. The second kappa shape index (κ2) is 7.67. The van der Waals surface area contributed by atoms with Gasteiger partial charge in [-0.2, -0.15) is 5.26 Å². The van der Waals surface area contributed by atoms with Crippen molar-refractivity contribution in [3.05, 3.63) is 0 Å². The van der Waals surface area contributed by atoms with Gasteiger partial charge in [0, 0.05) is 25.6 Å². The smallest absolute Gasteiger partial charge is 0.0622 e. The maximum absolute atomic E-state index is 8.37. The minimum Gasteiger partial charge on any atom is -0.315 e. The summed E-state index contributed by atoms with van der Waals surface area (Å²) in [6.07, 6.45) is 7.22. The summed E-state index contributed by atoms with van der Waals surface area (Å²) in [5.41, 5.74) is 0. The van der Waals surface area contributed by atoms with Crippen LogP contribution in [-0.2, 0) is 0 Å². The Kier molecular flexibility index (Phi) is 6.38. The number of unbranched alkanes of at least 4 members (excludes halogenated alkanes) is 1. The average Bonchev–Trinajstić information content (AvgIpc) is 2.76. The van der Waals surface area contributed by atoms with Crippen LogP contribution < -0.4 is 5.32 Å². The molecule has 0 spiro atoms. The topological polar surface area (TPSA) is 39.1 Å². The van der Waals surface area contributed by atoms with E-state index in [0.717, 1.165) is 32.1 Å². The molecule has 1 fully saturated rings. The van der Waals surface area contributed by atoms with Gasteiger partial charge in [0.25, 0.3) is 0 Å². The molecule has 0 aromatic rings. The lowest BCUT2D eigenvalue weighted by Crippen LogP contribution is -2.35. The van der Waals surface area contributed by atoms with Gasteiger partial charge in [-0.15, -0.1) is 0 Å². The molecule has 1 aliphatic carbocycles. The molecule has 1 rings (SSSR count). The van der Waals surface area contributed by atoms with Gasteiger partial charge in [-0.25, -0.2) is 0 Å². The van der Waals surface area contributed by atoms with E-state index >= 15 is 0 Å². The molecule has 1 N–H and O–H groups in total. The highest BCUT2D eigenvalue weighted by atomic mass is 15.1. The lowest BCUT2D eigenvalue weighted by Gasteiger charge is -2.23. The van der Waals surface area contributed by atoms with Crippen molar-refractivity contribution in [2.75, 3.05) is 26.7 Å². The molecular weight excluding hydrogens is 186 g/mol. The zero-order chi connectivity index (χ0) is 10.9. The summed E-state index contributed by atoms with van der Waals surface area (Å²) in [5, 5.41) is 11.8. The van der Waals surface area contributed by atoms with Crippen molar-refractivity contribution < 1.29 is 0 Å². The standard InChI is InChI=1S/C12H23N3/c1-15(12-6-2-3-7-12)11-10-14-9-5-4-8-13/h12,14H,2-7,9-11H2,1H3. The maximum atomic E-state index is 8.37. The summed E-state index contributed by atoms with van der Waals surface area (Å²) in [4.78, 5) is 2.48. The predicted octanol–water partition coefficient (Wildman–Crippen LogP) is 1.75. The number of rotatable bonds is 7. The first kappa shape index (κ1) is 12.5. The molecule has 15 heavy (non-hydrogen) atoms. The van der Waals surface area contributed by atoms with E-state index in [4.69, 9.17) is 5.26 Å². The third-order valence-electron chi connectivity index (χ3n) is 3.23. The summed E-state index contributed by atoms with van der Waals surface area (Å²) in [6, 6.07) is 2.99. The van der Waals surface area contributed by atoms with Gasteiger partial charge in [-0.1, -0.05) is 12.8 Å². The van der Waals surface area contributed by atoms with Crippen LogP contribution in [0.25, 0.3) is 0 Å². The Morgan fingerprint density at radius 1 is 1.33 bits per heavy atom. The van der Waals surface area contributed by atoms with Crippen molar-refractivity contribution in [3.63, 3.8) is 0 Å². The Morgan fingerprint density at radius 2 is 2.07 bits per heavy atom. The minimum atomic E-state index is 0.672. The molecule has 0 unspecified atom stereocenters. The molecule has 0 aliphatic heterocycles. The molecule has 1 aliphatic rings. The van der Waals surface area contributed by atoms with E-state index in [0.29, 0.717) is 6.42 Å². The molecule has 0 amide bonds. The molecular formula is C12H23N3. The summed E-state index contributed by atoms with van der Waals surface area (Å²) in [7, 11) is 2.23. The quantitative estimate of drug-likeness (QED) is 0.649. The van der Waals surface area contributed by atoms with Gasteiger partial charge < -0.3 is 10.2 Å². The largest absolute Gasteiger partial charge is 0.315 e. The first-order valence-electron chi connectivity index (χ1n) is 6.12. The average molecular weight is 209 g/mol. The predicted molar refractivity (Wildman–Crippen MR) is 62.6 cm³/mol. The van der Waals surface area contributed by atoms with E-state index in [-0.39, 0.29) is 0 Å². The SMILES string of the molecule is CN(CCNCCCC#N)C1CCCC1. The second-order valence-electron chi connectivity index (χ2n) is 4.43. The molecule has 3 heteroatoms. The Hall–Kier alpha value is -0.590. The molecule has 0 atom stereocenters. The van der Waals surface area contributed by atoms with Gasteiger partial charge in [0.2, 0.25) is 0 Å². The van der Waals surface area contributed by atoms with Crippen molar-refractivity contribution in [2.45, 2.75) is 44.6 Å². The van der Waals surface area contributed by atoms with E-state index < -0.39 is 0 Å². The molecule has 0 radical (unpaired) electrons. The Bertz CT molecular complexity index is 192. The van der Waals surface area contributed by atoms with Crippen LogP contribution >= 0.6 is 0 Å². The van der Waals surface area contributed by atoms with E-state index in [2.05, 4.69) is 23.3 Å². The summed E-state index contributed by atoms with van der Waals surface area (Å²) >= 11 is 0. The van der Waals surface area contributed by atoms with E-state index in [1.807, 2.05) is 0 Å². The maximum Gasteiger partial charge on any atom is 0.0622 e. The van der Waals surface area contributed by atoms with Crippen molar-refractivity contribution >= 4 is 0 Å². The van der Waals surface area contributed by atoms with Crippen LogP contribution in [0.5, 0.6) is 0 Å². The number of hydrogen-bond donors (Lipinski definition) is 1. The fraction of sp³-hybridized carbons (Fsp3) is 0.917. The summed E-state index contributed by atoms with van der Waals surface area (Å²) in [5.74, 6) is 0. The molecule has 1 saturated carbocycles. The van der Waals surface area contributed by atoms with Gasteiger partial charge in [0.15, 0.2) is 0 Å².